The second-order valence-electron chi connectivity index (χ2n) is 4.68. The summed E-state index contributed by atoms with van der Waals surface area (Å²) >= 11 is 1.62. The normalized spacial score (nSPS) is 10.6. The third kappa shape index (κ3) is 4.35. The van der Waals surface area contributed by atoms with Crippen molar-refractivity contribution in [2.75, 3.05) is 5.32 Å². The second-order valence-corrected chi connectivity index (χ2v) is 5.67. The van der Waals surface area contributed by atoms with Gasteiger partial charge in [-0.25, -0.2) is 0 Å². The fourth-order valence-corrected chi connectivity index (χ4v) is 2.24. The number of nitrogens with zero attached hydrogens (tertiary/aromatic N) is 2. The van der Waals surface area contributed by atoms with Crippen LogP contribution in [0.1, 0.15) is 19.4 Å². The van der Waals surface area contributed by atoms with Crippen LogP contribution in [0.2, 0.25) is 0 Å². The Hall–Kier alpha value is -1.88. The Kier molecular flexibility index (Phi) is 5.12. The molecule has 104 valence electrons. The third-order valence-corrected chi connectivity index (χ3v) is 3.64. The first-order valence-corrected chi connectivity index (χ1v) is 7.45. The maximum Gasteiger partial charge on any atom is 0.228 e. The Bertz CT molecular complexity index is 555. The Morgan fingerprint density at radius 3 is 2.50 bits per heavy atom. The molecule has 2 aromatic rings. The fraction of sp³-hybridized carbons (Fsp3) is 0.267. The van der Waals surface area contributed by atoms with E-state index in [1.54, 1.807) is 17.8 Å². The van der Waals surface area contributed by atoms with Crippen molar-refractivity contribution in [2.24, 2.45) is 5.92 Å². The molecule has 0 aliphatic heterocycles. The molecule has 0 bridgehead atoms. The van der Waals surface area contributed by atoms with Crippen LogP contribution in [0.4, 0.5) is 5.82 Å². The second kappa shape index (κ2) is 7.05. The van der Waals surface area contributed by atoms with Gasteiger partial charge in [0.2, 0.25) is 5.91 Å². The molecular formula is C15H17N3OS. The van der Waals surface area contributed by atoms with E-state index in [1.807, 2.05) is 38.1 Å². The van der Waals surface area contributed by atoms with Gasteiger partial charge in [-0.1, -0.05) is 55.9 Å². The lowest BCUT2D eigenvalue weighted by atomic mass is 10.2. The van der Waals surface area contributed by atoms with Gasteiger partial charge in [-0.05, 0) is 17.7 Å². The van der Waals surface area contributed by atoms with Crippen molar-refractivity contribution < 1.29 is 4.79 Å². The molecule has 0 aliphatic carbocycles. The van der Waals surface area contributed by atoms with E-state index in [2.05, 4.69) is 27.6 Å². The van der Waals surface area contributed by atoms with Gasteiger partial charge in [0.25, 0.3) is 0 Å². The van der Waals surface area contributed by atoms with Crippen LogP contribution in [0.25, 0.3) is 0 Å². The van der Waals surface area contributed by atoms with Crippen LogP contribution in [0.3, 0.4) is 0 Å². The molecule has 0 fully saturated rings. The molecule has 0 atom stereocenters. The summed E-state index contributed by atoms with van der Waals surface area (Å²) in [6.07, 6.45) is 0. The number of nitrogens with one attached hydrogen (secondary N) is 1. The minimum atomic E-state index is -0.0658. The summed E-state index contributed by atoms with van der Waals surface area (Å²) < 4.78 is 0. The van der Waals surface area contributed by atoms with E-state index < -0.39 is 0 Å². The van der Waals surface area contributed by atoms with E-state index in [0.29, 0.717) is 5.82 Å². The van der Waals surface area contributed by atoms with E-state index >= 15 is 0 Å². The molecule has 1 heterocycles. The van der Waals surface area contributed by atoms with Crippen LogP contribution in [0.5, 0.6) is 0 Å². The predicted molar refractivity (Wildman–Crippen MR) is 81.5 cm³/mol. The van der Waals surface area contributed by atoms with Crippen LogP contribution in [0, 0.1) is 5.92 Å². The molecule has 0 unspecified atom stereocenters. The van der Waals surface area contributed by atoms with Crippen LogP contribution in [-0.4, -0.2) is 16.1 Å². The van der Waals surface area contributed by atoms with Gasteiger partial charge in [0, 0.05) is 11.7 Å². The highest BCUT2D eigenvalue weighted by molar-refractivity contribution is 7.98. The topological polar surface area (TPSA) is 54.9 Å². The number of carbonyl (C=O) groups excluding carboxylic acids is 1. The van der Waals surface area contributed by atoms with Gasteiger partial charge < -0.3 is 5.32 Å². The number of thioether (sulfide) groups is 1. The SMILES string of the molecule is CC(C)C(=O)Nc1ccc(SCc2ccccc2)nn1. The summed E-state index contributed by atoms with van der Waals surface area (Å²) in [5.41, 5.74) is 1.25. The maximum absolute atomic E-state index is 11.5. The highest BCUT2D eigenvalue weighted by Crippen LogP contribution is 2.20. The van der Waals surface area contributed by atoms with Crippen molar-refractivity contribution in [1.29, 1.82) is 0 Å². The first kappa shape index (κ1) is 14.5. The van der Waals surface area contributed by atoms with Crippen LogP contribution >= 0.6 is 11.8 Å². The Morgan fingerprint density at radius 1 is 1.15 bits per heavy atom. The zero-order valence-electron chi connectivity index (χ0n) is 11.5. The first-order valence-electron chi connectivity index (χ1n) is 6.46. The summed E-state index contributed by atoms with van der Waals surface area (Å²) in [5, 5.41) is 11.7. The number of aromatic nitrogens is 2. The monoisotopic (exact) mass is 287 g/mol. The minimum Gasteiger partial charge on any atom is -0.309 e. The van der Waals surface area contributed by atoms with Crippen molar-refractivity contribution in [3.63, 3.8) is 0 Å². The molecule has 0 radical (unpaired) electrons. The Morgan fingerprint density at radius 2 is 1.90 bits per heavy atom. The van der Waals surface area contributed by atoms with Gasteiger partial charge in [-0.2, -0.15) is 0 Å². The van der Waals surface area contributed by atoms with Gasteiger partial charge >= 0.3 is 0 Å². The molecule has 0 aliphatic rings. The molecule has 1 N–H and O–H groups in total. The van der Waals surface area contributed by atoms with E-state index in [9.17, 15) is 4.79 Å². The van der Waals surface area contributed by atoms with Crippen LogP contribution < -0.4 is 5.32 Å². The largest absolute Gasteiger partial charge is 0.309 e. The van der Waals surface area contributed by atoms with Crippen molar-refractivity contribution in [2.45, 2.75) is 24.6 Å². The smallest absolute Gasteiger partial charge is 0.228 e. The standard InChI is InChI=1S/C15H17N3OS/c1-11(2)15(19)16-13-8-9-14(18-17-13)20-10-12-6-4-3-5-7-12/h3-9,11H,10H2,1-2H3,(H,16,17,19). The van der Waals surface area contributed by atoms with Crippen LogP contribution in [0.15, 0.2) is 47.5 Å². The number of amides is 1. The molecule has 4 nitrogen and oxygen atoms in total. The molecule has 0 saturated carbocycles. The molecule has 2 rings (SSSR count). The number of anilines is 1. The molecule has 5 heteroatoms. The highest BCUT2D eigenvalue weighted by Gasteiger charge is 2.08. The molecule has 1 aromatic carbocycles. The first-order chi connectivity index (χ1) is 9.65. The van der Waals surface area contributed by atoms with Gasteiger partial charge in [0.1, 0.15) is 5.03 Å². The third-order valence-electron chi connectivity index (χ3n) is 2.65. The van der Waals surface area contributed by atoms with Gasteiger partial charge in [-0.3, -0.25) is 4.79 Å². The summed E-state index contributed by atoms with van der Waals surface area (Å²) in [5.74, 6) is 1.23. The van der Waals surface area contributed by atoms with E-state index in [-0.39, 0.29) is 11.8 Å². The van der Waals surface area contributed by atoms with Gasteiger partial charge in [-0.15, -0.1) is 10.2 Å². The maximum atomic E-state index is 11.5. The summed E-state index contributed by atoms with van der Waals surface area (Å²) in [6.45, 7) is 3.68. The number of benzene rings is 1. The average Bonchev–Trinajstić information content (AvgIpc) is 2.47. The number of hydrogen-bond donors (Lipinski definition) is 1. The summed E-state index contributed by atoms with van der Waals surface area (Å²) in [6, 6.07) is 13.9. The number of carbonyl (C=O) groups is 1. The van der Waals surface area contributed by atoms with E-state index in [1.165, 1.54) is 5.56 Å². The van der Waals surface area contributed by atoms with Crippen LogP contribution in [-0.2, 0) is 10.5 Å². The van der Waals surface area contributed by atoms with Crippen molar-refractivity contribution in [3.8, 4) is 0 Å². The molecule has 1 aromatic heterocycles. The highest BCUT2D eigenvalue weighted by atomic mass is 32.2. The molecule has 20 heavy (non-hydrogen) atoms. The molecule has 1 amide bonds. The van der Waals surface area contributed by atoms with Gasteiger partial charge in [0.05, 0.1) is 0 Å². The van der Waals surface area contributed by atoms with Crippen molar-refractivity contribution in [3.05, 3.63) is 48.0 Å². The minimum absolute atomic E-state index is 0.0519. The number of hydrogen-bond acceptors (Lipinski definition) is 4. The lowest BCUT2D eigenvalue weighted by Crippen LogP contribution is -2.18. The zero-order chi connectivity index (χ0) is 14.4. The molecule has 0 spiro atoms. The van der Waals surface area contributed by atoms with Crippen molar-refractivity contribution in [1.82, 2.24) is 10.2 Å². The lowest BCUT2D eigenvalue weighted by molar-refractivity contribution is -0.118. The lowest BCUT2D eigenvalue weighted by Gasteiger charge is -2.06. The predicted octanol–water partition coefficient (Wildman–Crippen LogP) is 3.36. The van der Waals surface area contributed by atoms with E-state index in [0.717, 1.165) is 10.8 Å². The van der Waals surface area contributed by atoms with Gasteiger partial charge in [0.15, 0.2) is 5.82 Å². The Labute approximate surface area is 123 Å². The molecule has 0 saturated heterocycles. The summed E-state index contributed by atoms with van der Waals surface area (Å²) in [7, 11) is 0. The fourth-order valence-electron chi connectivity index (χ4n) is 1.47. The van der Waals surface area contributed by atoms with Crippen molar-refractivity contribution >= 4 is 23.5 Å². The zero-order valence-corrected chi connectivity index (χ0v) is 12.4. The molecular weight excluding hydrogens is 270 g/mol. The average molecular weight is 287 g/mol. The summed E-state index contributed by atoms with van der Waals surface area (Å²) in [4.78, 5) is 11.5. The number of rotatable bonds is 5. The quantitative estimate of drug-likeness (QED) is 0.857. The van der Waals surface area contributed by atoms with E-state index in [4.69, 9.17) is 0 Å². The Balaban J connectivity index is 1.90.